The van der Waals surface area contributed by atoms with Crippen LogP contribution in [0.1, 0.15) is 28.0 Å². The maximum absolute atomic E-state index is 11.5. The van der Waals surface area contributed by atoms with Gasteiger partial charge in [0.15, 0.2) is 5.76 Å². The van der Waals surface area contributed by atoms with Gasteiger partial charge in [-0.15, -0.1) is 0 Å². The van der Waals surface area contributed by atoms with E-state index in [1.54, 1.807) is 0 Å². The zero-order valence-electron chi connectivity index (χ0n) is 9.31. The average molecular weight is 240 g/mol. The van der Waals surface area contributed by atoms with Gasteiger partial charge in [-0.3, -0.25) is 9.59 Å². The molecule has 0 aliphatic rings. The Bertz CT molecular complexity index is 451. The van der Waals surface area contributed by atoms with E-state index in [2.05, 4.69) is 10.6 Å². The highest BCUT2D eigenvalue weighted by molar-refractivity contribution is 5.96. The highest BCUT2D eigenvalue weighted by Crippen LogP contribution is 2.07. The molecule has 0 saturated heterocycles. The van der Waals surface area contributed by atoms with E-state index in [1.165, 1.54) is 26.1 Å². The van der Waals surface area contributed by atoms with Gasteiger partial charge in [0.05, 0.1) is 0 Å². The van der Waals surface area contributed by atoms with Crippen LogP contribution in [0.2, 0.25) is 0 Å². The van der Waals surface area contributed by atoms with Gasteiger partial charge >= 0.3 is 5.97 Å². The lowest BCUT2D eigenvalue weighted by Crippen LogP contribution is -2.43. The number of nitrogens with one attached hydrogen (secondary N) is 2. The second-order valence-corrected chi connectivity index (χ2v) is 3.28. The summed E-state index contributed by atoms with van der Waals surface area (Å²) in [6, 6.07) is 1.67. The third kappa shape index (κ3) is 3.07. The van der Waals surface area contributed by atoms with Crippen LogP contribution in [0.15, 0.2) is 16.5 Å². The summed E-state index contributed by atoms with van der Waals surface area (Å²) in [5.41, 5.74) is 0. The molecule has 1 unspecified atom stereocenters. The molecule has 0 saturated carbocycles. The highest BCUT2D eigenvalue weighted by Gasteiger charge is 2.19. The van der Waals surface area contributed by atoms with E-state index in [0.717, 1.165) is 0 Å². The quantitative estimate of drug-likeness (QED) is 0.677. The van der Waals surface area contributed by atoms with Gasteiger partial charge in [0.1, 0.15) is 6.04 Å². The van der Waals surface area contributed by atoms with Gasteiger partial charge in [0.25, 0.3) is 5.91 Å². The van der Waals surface area contributed by atoms with E-state index in [0.29, 0.717) is 0 Å². The number of carboxylic acid groups (broad SMARTS) is 1. The van der Waals surface area contributed by atoms with Crippen LogP contribution in [-0.2, 0) is 4.79 Å². The molecule has 1 rings (SSSR count). The van der Waals surface area contributed by atoms with E-state index in [4.69, 9.17) is 9.52 Å². The third-order valence-corrected chi connectivity index (χ3v) is 2.03. The smallest absolute Gasteiger partial charge is 0.371 e. The molecule has 1 atom stereocenters. The minimum atomic E-state index is -1.26. The molecule has 0 aromatic carbocycles. The van der Waals surface area contributed by atoms with Gasteiger partial charge in [0, 0.05) is 7.05 Å². The average Bonchev–Trinajstić information content (AvgIpc) is 2.77. The van der Waals surface area contributed by atoms with Crippen LogP contribution in [0.3, 0.4) is 0 Å². The minimum Gasteiger partial charge on any atom is -0.475 e. The van der Waals surface area contributed by atoms with Crippen LogP contribution >= 0.6 is 0 Å². The zero-order chi connectivity index (χ0) is 13.0. The summed E-state index contributed by atoms with van der Waals surface area (Å²) in [6.45, 7) is 1.50. The topological polar surface area (TPSA) is 109 Å². The van der Waals surface area contributed by atoms with Crippen molar-refractivity contribution in [2.24, 2.45) is 0 Å². The summed E-state index contributed by atoms with van der Waals surface area (Å²) in [6.07, 6.45) is 0. The molecule has 0 radical (unpaired) electrons. The molecule has 17 heavy (non-hydrogen) atoms. The summed E-state index contributed by atoms with van der Waals surface area (Å²) in [5, 5.41) is 13.3. The lowest BCUT2D eigenvalue weighted by molar-refractivity contribution is -0.122. The molecule has 1 heterocycles. The SMILES string of the molecule is CNC(=O)C(C)NC(=O)c1ccc(C(=O)O)o1. The van der Waals surface area contributed by atoms with Crippen molar-refractivity contribution in [1.82, 2.24) is 10.6 Å². The Labute approximate surface area is 96.8 Å². The maximum Gasteiger partial charge on any atom is 0.371 e. The van der Waals surface area contributed by atoms with Crippen molar-refractivity contribution >= 4 is 17.8 Å². The summed E-state index contributed by atoms with van der Waals surface area (Å²) >= 11 is 0. The van der Waals surface area contributed by atoms with Crippen LogP contribution in [-0.4, -0.2) is 36.0 Å². The minimum absolute atomic E-state index is 0.154. The van der Waals surface area contributed by atoms with Crippen LogP contribution in [0, 0.1) is 0 Å². The molecule has 0 aliphatic carbocycles. The van der Waals surface area contributed by atoms with Gasteiger partial charge in [-0.05, 0) is 19.1 Å². The summed E-state index contributed by atoms with van der Waals surface area (Å²) < 4.78 is 4.78. The Kier molecular flexibility index (Phi) is 3.86. The summed E-state index contributed by atoms with van der Waals surface area (Å²) in [4.78, 5) is 33.2. The molecule has 7 nitrogen and oxygen atoms in total. The maximum atomic E-state index is 11.5. The summed E-state index contributed by atoms with van der Waals surface area (Å²) in [7, 11) is 1.44. The Balaban J connectivity index is 2.70. The molecule has 1 aromatic heterocycles. The van der Waals surface area contributed by atoms with Gasteiger partial charge in [0.2, 0.25) is 11.7 Å². The normalized spacial score (nSPS) is 11.6. The monoisotopic (exact) mass is 240 g/mol. The molecule has 0 bridgehead atoms. The largest absolute Gasteiger partial charge is 0.475 e. The van der Waals surface area contributed by atoms with E-state index >= 15 is 0 Å². The number of carboxylic acids is 1. The molecule has 92 valence electrons. The van der Waals surface area contributed by atoms with E-state index in [1.807, 2.05) is 0 Å². The predicted molar refractivity (Wildman–Crippen MR) is 56.7 cm³/mol. The molecule has 0 aliphatic heterocycles. The predicted octanol–water partition coefficient (Wildman–Crippen LogP) is -0.158. The van der Waals surface area contributed by atoms with Gasteiger partial charge in [-0.25, -0.2) is 4.79 Å². The molecular formula is C10H12N2O5. The first-order valence-corrected chi connectivity index (χ1v) is 4.81. The van der Waals surface area contributed by atoms with Crippen molar-refractivity contribution in [2.45, 2.75) is 13.0 Å². The number of carbonyl (C=O) groups excluding carboxylic acids is 2. The number of aromatic carboxylic acids is 1. The first-order valence-electron chi connectivity index (χ1n) is 4.81. The fourth-order valence-corrected chi connectivity index (χ4v) is 1.12. The fraction of sp³-hybridized carbons (Fsp3) is 0.300. The number of hydrogen-bond donors (Lipinski definition) is 3. The molecule has 2 amide bonds. The Morgan fingerprint density at radius 2 is 1.88 bits per heavy atom. The van der Waals surface area contributed by atoms with E-state index < -0.39 is 17.9 Å². The molecule has 0 spiro atoms. The molecule has 7 heteroatoms. The van der Waals surface area contributed by atoms with Gasteiger partial charge in [-0.1, -0.05) is 0 Å². The van der Waals surface area contributed by atoms with Crippen molar-refractivity contribution in [1.29, 1.82) is 0 Å². The first kappa shape index (κ1) is 12.8. The Hall–Kier alpha value is -2.31. The second kappa shape index (κ2) is 5.15. The molecule has 1 aromatic rings. The molecule has 0 fully saturated rings. The van der Waals surface area contributed by atoms with Crippen molar-refractivity contribution in [3.63, 3.8) is 0 Å². The van der Waals surface area contributed by atoms with Crippen LogP contribution in [0.4, 0.5) is 0 Å². The molecule has 3 N–H and O–H groups in total. The number of carbonyl (C=O) groups is 3. The fourth-order valence-electron chi connectivity index (χ4n) is 1.12. The van der Waals surface area contributed by atoms with Gasteiger partial charge in [-0.2, -0.15) is 0 Å². The van der Waals surface area contributed by atoms with Crippen LogP contribution in [0.25, 0.3) is 0 Å². The van der Waals surface area contributed by atoms with E-state index in [9.17, 15) is 14.4 Å². The van der Waals surface area contributed by atoms with Crippen molar-refractivity contribution in [3.05, 3.63) is 23.7 Å². The second-order valence-electron chi connectivity index (χ2n) is 3.28. The number of amides is 2. The summed E-state index contributed by atoms with van der Waals surface area (Å²) in [5.74, 6) is -2.75. The zero-order valence-corrected chi connectivity index (χ0v) is 9.31. The van der Waals surface area contributed by atoms with E-state index in [-0.39, 0.29) is 17.4 Å². The van der Waals surface area contributed by atoms with Crippen molar-refractivity contribution < 1.29 is 23.9 Å². The Morgan fingerprint density at radius 3 is 2.35 bits per heavy atom. The lowest BCUT2D eigenvalue weighted by atomic mass is 10.3. The highest BCUT2D eigenvalue weighted by atomic mass is 16.4. The number of likely N-dealkylation sites (N-methyl/N-ethyl adjacent to an activating group) is 1. The lowest BCUT2D eigenvalue weighted by Gasteiger charge is -2.10. The number of rotatable bonds is 4. The molecular weight excluding hydrogens is 228 g/mol. The van der Waals surface area contributed by atoms with Crippen molar-refractivity contribution in [2.75, 3.05) is 7.05 Å². The third-order valence-electron chi connectivity index (χ3n) is 2.03. The number of furan rings is 1. The Morgan fingerprint density at radius 1 is 1.29 bits per heavy atom. The first-order chi connectivity index (χ1) is 7.95. The van der Waals surface area contributed by atoms with Crippen LogP contribution < -0.4 is 10.6 Å². The van der Waals surface area contributed by atoms with Crippen molar-refractivity contribution in [3.8, 4) is 0 Å². The standard InChI is InChI=1S/C10H12N2O5/c1-5(8(13)11-2)12-9(14)6-3-4-7(17-6)10(15)16/h3-5H,1-2H3,(H,11,13)(H,12,14)(H,15,16). The van der Waals surface area contributed by atoms with Gasteiger partial charge < -0.3 is 20.2 Å². The van der Waals surface area contributed by atoms with Crippen LogP contribution in [0.5, 0.6) is 0 Å². The number of hydrogen-bond acceptors (Lipinski definition) is 4.